The molecule has 0 amide bonds. The molecular weight excluding hydrogens is 444 g/mol. The summed E-state index contributed by atoms with van der Waals surface area (Å²) in [6.07, 6.45) is -1.38. The summed E-state index contributed by atoms with van der Waals surface area (Å²) < 4.78 is 19.9. The Morgan fingerprint density at radius 2 is 2.09 bits per heavy atom. The lowest BCUT2D eigenvalue weighted by Gasteiger charge is -2.44. The fourth-order valence-electron chi connectivity index (χ4n) is 3.93. The molecule has 0 unspecified atom stereocenters. The summed E-state index contributed by atoms with van der Waals surface area (Å²) in [5.41, 5.74) is 2.56. The average Bonchev–Trinajstić information content (AvgIpc) is 3.20. The van der Waals surface area contributed by atoms with Gasteiger partial charge in [-0.3, -0.25) is 14.3 Å². The highest BCUT2D eigenvalue weighted by molar-refractivity contribution is 6.36. The van der Waals surface area contributed by atoms with E-state index >= 15 is 0 Å². The molecule has 1 aliphatic rings. The molecule has 4 N–H and O–H groups in total. The van der Waals surface area contributed by atoms with Crippen LogP contribution < -0.4 is 11.3 Å². The van der Waals surface area contributed by atoms with E-state index in [9.17, 15) is 9.90 Å². The van der Waals surface area contributed by atoms with E-state index in [1.165, 1.54) is 10.9 Å². The summed E-state index contributed by atoms with van der Waals surface area (Å²) in [5, 5.41) is 21.5. The van der Waals surface area contributed by atoms with Crippen LogP contribution in [0.15, 0.2) is 11.1 Å². The molecule has 3 rings (SSSR count). The van der Waals surface area contributed by atoms with Crippen LogP contribution in [0.2, 0.25) is 0 Å². The third-order valence-corrected chi connectivity index (χ3v) is 5.82. The number of aromatic amines is 1. The highest BCUT2D eigenvalue weighted by Gasteiger charge is 2.64. The largest absolute Gasteiger partial charge is 0.495 e. The van der Waals surface area contributed by atoms with E-state index < -0.39 is 40.6 Å². The molecule has 2 aromatic heterocycles. The van der Waals surface area contributed by atoms with Gasteiger partial charge in [0.15, 0.2) is 17.4 Å². The average molecular weight is 475 g/mol. The molecule has 2 radical (unpaired) electrons. The Bertz CT molecular complexity index is 1140. The quantitative estimate of drug-likeness (QED) is 0.406. The molecule has 1 saturated heterocycles. The topological polar surface area (TPSA) is 161 Å². The van der Waals surface area contributed by atoms with Gasteiger partial charge in [-0.15, -0.1) is 0 Å². The third-order valence-electron chi connectivity index (χ3n) is 5.46. The number of nitrogens with zero attached hydrogens (tertiary/aromatic N) is 4. The first-order valence-electron chi connectivity index (χ1n) is 10.6. The molecule has 178 valence electrons. The number of imidazole rings is 1. The highest BCUT2D eigenvalue weighted by Crippen LogP contribution is 2.49. The van der Waals surface area contributed by atoms with Crippen molar-refractivity contribution in [3.63, 3.8) is 0 Å². The molecule has 0 aromatic carbocycles. The van der Waals surface area contributed by atoms with Crippen LogP contribution >= 0.6 is 0 Å². The Hall–Kier alpha value is -2.59. The van der Waals surface area contributed by atoms with Crippen LogP contribution in [-0.4, -0.2) is 69.9 Å². The van der Waals surface area contributed by atoms with E-state index in [4.69, 9.17) is 25.2 Å². The maximum Gasteiger partial charge on any atom is 0.280 e. The number of nitrogen functional groups attached to an aromatic ring is 1. The van der Waals surface area contributed by atoms with Gasteiger partial charge in [-0.2, -0.15) is 10.2 Å². The number of ether oxygens (including phenoxy) is 3. The fraction of sp³-hybridized carbons (Fsp3) is 0.667. The van der Waals surface area contributed by atoms with Crippen LogP contribution in [-0.2, 0) is 14.2 Å². The molecule has 1 fully saturated rings. The fourth-order valence-corrected chi connectivity index (χ4v) is 4.52. The lowest BCUT2D eigenvalue weighted by molar-refractivity contribution is -0.156. The number of nitrogens with one attached hydrogen (secondary N) is 1. The van der Waals surface area contributed by atoms with Crippen molar-refractivity contribution in [2.24, 2.45) is 5.41 Å². The van der Waals surface area contributed by atoms with Gasteiger partial charge < -0.3 is 25.1 Å². The summed E-state index contributed by atoms with van der Waals surface area (Å²) in [5.74, 6) is -0.0831. The number of fused-ring (bicyclic) bond motifs is 1. The van der Waals surface area contributed by atoms with Crippen LogP contribution in [0.25, 0.3) is 11.2 Å². The monoisotopic (exact) mass is 474 g/mol. The van der Waals surface area contributed by atoms with Gasteiger partial charge in [-0.25, -0.2) is 4.98 Å². The number of hydrogen-bond acceptors (Lipinski definition) is 9. The molecule has 0 spiro atoms. The lowest BCUT2D eigenvalue weighted by atomic mass is 9.70. The van der Waals surface area contributed by atoms with Crippen molar-refractivity contribution in [1.29, 1.82) is 5.26 Å². The number of aliphatic hydroxyl groups is 1. The van der Waals surface area contributed by atoms with E-state index in [1.54, 1.807) is 0 Å². The van der Waals surface area contributed by atoms with Crippen LogP contribution in [0.1, 0.15) is 54.2 Å². The van der Waals surface area contributed by atoms with E-state index in [0.717, 1.165) is 0 Å². The zero-order valence-corrected chi connectivity index (χ0v) is 20.7. The molecular formula is C21H30N6O5Si. The van der Waals surface area contributed by atoms with Gasteiger partial charge in [0.05, 0.1) is 40.9 Å². The van der Waals surface area contributed by atoms with Gasteiger partial charge in [-0.05, 0) is 26.2 Å². The van der Waals surface area contributed by atoms with Crippen molar-refractivity contribution >= 4 is 32.3 Å². The standard InChI is InChI=1S/C21H30N6O5Si/c1-19(2,3)21(29)12(30-9-7-8-22)16(31-13(21)17(33)32-20(4,5)6)27-10-24-11-14(27)25-18(23)26-15(11)28/h10,12-13,16,29H,7,9H2,1-6H3,(H3,23,25,26,28)/t12-,13+,16+,21-/m0/s1. The summed E-state index contributed by atoms with van der Waals surface area (Å²) in [4.78, 5) is 23.1. The van der Waals surface area contributed by atoms with Crippen molar-refractivity contribution in [3.05, 3.63) is 16.7 Å². The van der Waals surface area contributed by atoms with Crippen LogP contribution in [0.4, 0.5) is 5.95 Å². The molecule has 4 atom stereocenters. The first-order valence-corrected chi connectivity index (χ1v) is 11.1. The molecule has 3 heterocycles. The first kappa shape index (κ1) is 25.0. The molecule has 33 heavy (non-hydrogen) atoms. The summed E-state index contributed by atoms with van der Waals surface area (Å²) in [7, 11) is 3.53. The third kappa shape index (κ3) is 4.59. The number of nitriles is 1. The van der Waals surface area contributed by atoms with E-state index in [0.29, 0.717) is 0 Å². The van der Waals surface area contributed by atoms with Crippen LogP contribution in [0, 0.1) is 16.7 Å². The molecule has 2 aromatic rings. The Morgan fingerprint density at radius 3 is 2.67 bits per heavy atom. The second kappa shape index (κ2) is 8.64. The van der Waals surface area contributed by atoms with Crippen molar-refractivity contribution < 1.29 is 19.3 Å². The van der Waals surface area contributed by atoms with E-state index in [1.807, 2.05) is 47.6 Å². The molecule has 1 aliphatic heterocycles. The first-order chi connectivity index (χ1) is 15.2. The maximum atomic E-state index is 12.3. The molecule has 0 bridgehead atoms. The van der Waals surface area contributed by atoms with Gasteiger partial charge >= 0.3 is 0 Å². The predicted molar refractivity (Wildman–Crippen MR) is 122 cm³/mol. The number of anilines is 1. The highest BCUT2D eigenvalue weighted by atomic mass is 28.1. The van der Waals surface area contributed by atoms with Gasteiger partial charge in [0.1, 0.15) is 23.2 Å². The number of hydrogen-bond donors (Lipinski definition) is 3. The van der Waals surface area contributed by atoms with Crippen LogP contribution in [0.3, 0.4) is 0 Å². The number of nitrogens with two attached hydrogens (primary N) is 1. The van der Waals surface area contributed by atoms with Gasteiger partial charge in [0.25, 0.3) is 5.56 Å². The minimum atomic E-state index is -1.61. The second-order valence-corrected chi connectivity index (χ2v) is 10.5. The molecule has 11 nitrogen and oxygen atoms in total. The molecule has 0 saturated carbocycles. The smallest absolute Gasteiger partial charge is 0.280 e. The van der Waals surface area contributed by atoms with Gasteiger partial charge in [-0.1, -0.05) is 20.8 Å². The van der Waals surface area contributed by atoms with Gasteiger partial charge in [0, 0.05) is 0 Å². The Kier molecular flexibility index (Phi) is 6.56. The minimum Gasteiger partial charge on any atom is -0.495 e. The van der Waals surface area contributed by atoms with E-state index in [-0.39, 0.29) is 35.5 Å². The Balaban J connectivity index is 2.17. The Morgan fingerprint density at radius 1 is 1.42 bits per heavy atom. The molecule has 12 heteroatoms. The maximum absolute atomic E-state index is 12.3. The minimum absolute atomic E-state index is 0.0616. The van der Waals surface area contributed by atoms with Crippen molar-refractivity contribution in [2.45, 2.75) is 77.6 Å². The summed E-state index contributed by atoms with van der Waals surface area (Å²) in [6.45, 7) is 11.3. The number of rotatable bonds is 6. The lowest BCUT2D eigenvalue weighted by Crippen LogP contribution is -2.60. The van der Waals surface area contributed by atoms with Gasteiger partial charge in [0.2, 0.25) is 5.95 Å². The second-order valence-electron chi connectivity index (χ2n) is 10.0. The molecule has 0 aliphatic carbocycles. The summed E-state index contributed by atoms with van der Waals surface area (Å²) in [6, 6.07) is 2.04. The summed E-state index contributed by atoms with van der Waals surface area (Å²) >= 11 is 0. The number of aromatic nitrogens is 4. The Labute approximate surface area is 194 Å². The van der Waals surface area contributed by atoms with Crippen molar-refractivity contribution in [2.75, 3.05) is 12.3 Å². The predicted octanol–water partition coefficient (Wildman–Crippen LogP) is 0.789. The van der Waals surface area contributed by atoms with E-state index in [2.05, 4.69) is 24.8 Å². The van der Waals surface area contributed by atoms with Crippen molar-refractivity contribution in [3.8, 4) is 6.07 Å². The zero-order valence-electron chi connectivity index (χ0n) is 19.7. The normalized spacial score (nSPS) is 25.8. The van der Waals surface area contributed by atoms with Crippen molar-refractivity contribution in [1.82, 2.24) is 19.5 Å². The van der Waals surface area contributed by atoms with Crippen LogP contribution in [0.5, 0.6) is 0 Å². The number of H-pyrrole nitrogens is 1. The SMILES string of the molecule is CC(C)(C)OC(=[Si])[C@H]1O[C@@H](n2cnc3c(=O)[nH]c(N)nc32)[C@H](OCCC#N)[C@@]1(O)C(C)(C)C. The zero-order chi connectivity index (χ0) is 24.8.